The Bertz CT molecular complexity index is 1020. The van der Waals surface area contributed by atoms with Crippen LogP contribution in [-0.4, -0.2) is 36.2 Å². The number of phenols is 1. The molecule has 0 radical (unpaired) electrons. The molecule has 0 unspecified atom stereocenters. The third kappa shape index (κ3) is 5.55. The van der Waals surface area contributed by atoms with Crippen LogP contribution in [-0.2, 0) is 6.42 Å². The van der Waals surface area contributed by atoms with Gasteiger partial charge in [-0.05, 0) is 74.7 Å². The van der Waals surface area contributed by atoms with Gasteiger partial charge in [-0.2, -0.15) is 0 Å². The van der Waals surface area contributed by atoms with Crippen molar-refractivity contribution in [3.05, 3.63) is 69.6 Å². The molecule has 5 nitrogen and oxygen atoms in total. The van der Waals surface area contributed by atoms with Gasteiger partial charge in [0, 0.05) is 17.0 Å². The lowest BCUT2D eigenvalue weighted by Gasteiger charge is -2.23. The maximum Gasteiger partial charge on any atom is 0.339 e. The number of phenolic OH excluding ortho intramolecular Hbond substituents is 1. The van der Waals surface area contributed by atoms with Crippen LogP contribution in [0, 0.1) is 6.92 Å². The van der Waals surface area contributed by atoms with Crippen molar-refractivity contribution in [3.8, 4) is 11.5 Å². The summed E-state index contributed by atoms with van der Waals surface area (Å²) >= 11 is 5.61. The van der Waals surface area contributed by atoms with Gasteiger partial charge in [0.15, 0.2) is 0 Å². The van der Waals surface area contributed by atoms with Crippen LogP contribution in [0.4, 0.5) is 0 Å². The summed E-state index contributed by atoms with van der Waals surface area (Å²) in [6, 6.07) is 13.2. The smallest absolute Gasteiger partial charge is 0.339 e. The molecule has 1 aliphatic rings. The minimum Gasteiger partial charge on any atom is -0.508 e. The van der Waals surface area contributed by atoms with Crippen molar-refractivity contribution in [3.63, 3.8) is 0 Å². The number of piperidine rings is 1. The molecule has 0 bridgehead atoms. The number of fused-ring (bicyclic) bond motifs is 1. The zero-order chi connectivity index (χ0) is 21.5. The molecule has 1 fully saturated rings. The van der Waals surface area contributed by atoms with Crippen molar-refractivity contribution in [2.75, 3.05) is 26.2 Å². The van der Waals surface area contributed by atoms with Crippen LogP contribution in [0.5, 0.6) is 11.5 Å². The van der Waals surface area contributed by atoms with Gasteiger partial charge in [0.1, 0.15) is 17.1 Å². The Morgan fingerprint density at radius 3 is 2.40 bits per heavy atom. The van der Waals surface area contributed by atoms with E-state index in [1.54, 1.807) is 32.2 Å². The molecular formula is C24H28ClNO4. The average molecular weight is 430 g/mol. The van der Waals surface area contributed by atoms with Crippen LogP contribution < -0.4 is 10.4 Å². The van der Waals surface area contributed by atoms with Crippen LogP contribution >= 0.6 is 11.6 Å². The number of hydrogen-bond acceptors (Lipinski definition) is 5. The Hall–Kier alpha value is -2.50. The number of ether oxygens (including phenoxy) is 1. The van der Waals surface area contributed by atoms with E-state index in [1.165, 1.54) is 32.4 Å². The zero-order valence-electron chi connectivity index (χ0n) is 17.5. The van der Waals surface area contributed by atoms with E-state index >= 15 is 0 Å². The van der Waals surface area contributed by atoms with E-state index < -0.39 is 0 Å². The molecule has 0 spiro atoms. The van der Waals surface area contributed by atoms with E-state index in [4.69, 9.17) is 20.8 Å². The maximum atomic E-state index is 12.1. The zero-order valence-corrected chi connectivity index (χ0v) is 18.2. The summed E-state index contributed by atoms with van der Waals surface area (Å²) in [6.45, 7) is 4.19. The number of hydrogen-bond donors (Lipinski definition) is 1. The Morgan fingerprint density at radius 1 is 1.10 bits per heavy atom. The summed E-state index contributed by atoms with van der Waals surface area (Å²) < 4.78 is 10.5. The van der Waals surface area contributed by atoms with Crippen molar-refractivity contribution >= 4 is 22.6 Å². The van der Waals surface area contributed by atoms with Gasteiger partial charge in [0.2, 0.25) is 0 Å². The Labute approximate surface area is 181 Å². The highest BCUT2D eigenvalue weighted by Crippen LogP contribution is 2.26. The number of alkyl halides is 1. The minimum atomic E-state index is -0.338. The highest BCUT2D eigenvalue weighted by atomic mass is 35.5. The number of aromatic hydroxyl groups is 1. The molecule has 0 saturated carbocycles. The van der Waals surface area contributed by atoms with Crippen LogP contribution in [0.3, 0.4) is 0 Å². The molecule has 1 N–H and O–H groups in total. The average Bonchev–Trinajstić information content (AvgIpc) is 2.78. The lowest BCUT2D eigenvalue weighted by Crippen LogP contribution is -2.28. The summed E-state index contributed by atoms with van der Waals surface area (Å²) in [7, 11) is 1.57. The van der Waals surface area contributed by atoms with E-state index in [2.05, 4.69) is 4.90 Å². The second-order valence-corrected chi connectivity index (χ2v) is 7.74. The first-order chi connectivity index (χ1) is 14.5. The van der Waals surface area contributed by atoms with E-state index in [-0.39, 0.29) is 11.4 Å². The molecule has 4 rings (SSSR count). The molecule has 1 saturated heterocycles. The van der Waals surface area contributed by atoms with Crippen molar-refractivity contribution in [1.29, 1.82) is 0 Å². The first-order valence-corrected chi connectivity index (χ1v) is 10.7. The Balaban J connectivity index is 0.000000269. The van der Waals surface area contributed by atoms with Crippen molar-refractivity contribution < 1.29 is 14.3 Å². The number of rotatable bonds is 4. The fourth-order valence-corrected chi connectivity index (χ4v) is 3.83. The van der Waals surface area contributed by atoms with E-state index in [0.29, 0.717) is 23.3 Å². The molecule has 2 aromatic carbocycles. The number of nitrogens with zero attached hydrogens (tertiary/aromatic N) is 1. The highest BCUT2D eigenvalue weighted by molar-refractivity contribution is 6.17. The van der Waals surface area contributed by atoms with Crippen molar-refractivity contribution in [2.24, 2.45) is 0 Å². The number of benzene rings is 2. The van der Waals surface area contributed by atoms with Gasteiger partial charge in [0.25, 0.3) is 0 Å². The van der Waals surface area contributed by atoms with Crippen LogP contribution in [0.25, 0.3) is 11.0 Å². The van der Waals surface area contributed by atoms with Crippen LogP contribution in [0.15, 0.2) is 51.7 Å². The second-order valence-electron chi connectivity index (χ2n) is 7.50. The molecule has 3 aromatic rings. The number of halogens is 1. The first kappa shape index (κ1) is 22.2. The van der Waals surface area contributed by atoms with Crippen LogP contribution in [0.1, 0.15) is 36.0 Å². The van der Waals surface area contributed by atoms with E-state index in [0.717, 1.165) is 22.5 Å². The minimum absolute atomic E-state index is 0.225. The lowest BCUT2D eigenvalue weighted by atomic mass is 9.98. The molecule has 0 atom stereocenters. The SMILES string of the molecule is COc1ccc2c(Cc3ccc(O)cc3)c(C)c(=O)oc2c1.ClCN1CCCCC1. The van der Waals surface area contributed by atoms with Gasteiger partial charge >= 0.3 is 5.63 Å². The van der Waals surface area contributed by atoms with Crippen molar-refractivity contribution in [1.82, 2.24) is 4.90 Å². The predicted molar refractivity (Wildman–Crippen MR) is 121 cm³/mol. The van der Waals surface area contributed by atoms with Gasteiger partial charge in [-0.15, -0.1) is 11.6 Å². The largest absolute Gasteiger partial charge is 0.508 e. The van der Waals surface area contributed by atoms with Gasteiger partial charge in [0.05, 0.1) is 13.1 Å². The molecule has 160 valence electrons. The molecule has 0 aliphatic carbocycles. The Morgan fingerprint density at radius 2 is 1.80 bits per heavy atom. The predicted octanol–water partition coefficient (Wildman–Crippen LogP) is 5.08. The van der Waals surface area contributed by atoms with Gasteiger partial charge in [-0.1, -0.05) is 18.6 Å². The lowest BCUT2D eigenvalue weighted by molar-refractivity contribution is 0.264. The van der Waals surface area contributed by atoms with E-state index in [9.17, 15) is 9.90 Å². The highest BCUT2D eigenvalue weighted by Gasteiger charge is 2.12. The van der Waals surface area contributed by atoms with E-state index in [1.807, 2.05) is 24.3 Å². The number of methoxy groups -OCH3 is 1. The second kappa shape index (κ2) is 10.5. The standard InChI is InChI=1S/C18H16O4.C6H12ClN/c1-11-16(9-12-3-5-13(19)6-4-12)15-8-7-14(21-2)10-17(15)22-18(11)20;7-6-8-4-2-1-3-5-8/h3-8,10,19H,9H2,1-2H3;1-6H2. The molecule has 0 amide bonds. The summed E-state index contributed by atoms with van der Waals surface area (Å²) in [6.07, 6.45) is 4.67. The monoisotopic (exact) mass is 429 g/mol. The fourth-order valence-electron chi connectivity index (χ4n) is 3.59. The third-order valence-electron chi connectivity index (χ3n) is 5.41. The summed E-state index contributed by atoms with van der Waals surface area (Å²) in [5.74, 6) is 0.873. The first-order valence-electron chi connectivity index (χ1n) is 10.2. The Kier molecular flexibility index (Phi) is 7.77. The molecule has 1 aliphatic heterocycles. The third-order valence-corrected chi connectivity index (χ3v) is 5.75. The normalized spacial score (nSPS) is 14.2. The fraction of sp³-hybridized carbons (Fsp3) is 0.375. The summed E-state index contributed by atoms with van der Waals surface area (Å²) in [5, 5.41) is 10.3. The molecule has 30 heavy (non-hydrogen) atoms. The number of likely N-dealkylation sites (tertiary alicyclic amines) is 1. The quantitative estimate of drug-likeness (QED) is 0.356. The molecule has 6 heteroatoms. The van der Waals surface area contributed by atoms with Crippen LogP contribution in [0.2, 0.25) is 0 Å². The topological polar surface area (TPSA) is 62.9 Å². The molecule has 1 aromatic heterocycles. The maximum absolute atomic E-state index is 12.1. The van der Waals surface area contributed by atoms with Gasteiger partial charge < -0.3 is 14.3 Å². The van der Waals surface area contributed by atoms with Gasteiger partial charge in [-0.25, -0.2) is 4.79 Å². The van der Waals surface area contributed by atoms with Gasteiger partial charge in [-0.3, -0.25) is 4.90 Å². The molecular weight excluding hydrogens is 402 g/mol. The van der Waals surface area contributed by atoms with Crippen molar-refractivity contribution in [2.45, 2.75) is 32.6 Å². The molecule has 2 heterocycles. The summed E-state index contributed by atoms with van der Waals surface area (Å²) in [4.78, 5) is 14.3. The summed E-state index contributed by atoms with van der Waals surface area (Å²) in [5.41, 5.74) is 2.73.